The van der Waals surface area contributed by atoms with Gasteiger partial charge in [-0.2, -0.15) is 4.98 Å². The van der Waals surface area contributed by atoms with Crippen molar-refractivity contribution >= 4 is 23.1 Å². The zero-order chi connectivity index (χ0) is 11.7. The van der Waals surface area contributed by atoms with Crippen LogP contribution in [0.25, 0.3) is 11.2 Å². The molecule has 0 bridgehead atoms. The third kappa shape index (κ3) is 1.79. The van der Waals surface area contributed by atoms with Crippen LogP contribution in [0.4, 0.5) is 5.95 Å². The van der Waals surface area contributed by atoms with Crippen molar-refractivity contribution in [1.29, 1.82) is 0 Å². The van der Waals surface area contributed by atoms with Gasteiger partial charge in [-0.1, -0.05) is 0 Å². The molecule has 7 nitrogen and oxygen atoms in total. The van der Waals surface area contributed by atoms with E-state index in [-0.39, 0.29) is 6.54 Å². The number of aliphatic carboxylic acids is 1. The summed E-state index contributed by atoms with van der Waals surface area (Å²) in [6, 6.07) is 0. The molecule has 2 aromatic rings. The number of hydrogen-bond acceptors (Lipinski definition) is 5. The van der Waals surface area contributed by atoms with Gasteiger partial charge in [0.15, 0.2) is 5.65 Å². The molecule has 0 atom stereocenters. The van der Waals surface area contributed by atoms with Crippen LogP contribution in [-0.4, -0.2) is 44.2 Å². The van der Waals surface area contributed by atoms with Crippen LogP contribution in [-0.2, 0) is 11.8 Å². The lowest BCUT2D eigenvalue weighted by atomic mass is 10.5. The fourth-order valence-electron chi connectivity index (χ4n) is 1.37. The van der Waals surface area contributed by atoms with Crippen LogP contribution >= 0.6 is 0 Å². The van der Waals surface area contributed by atoms with Gasteiger partial charge in [-0.25, -0.2) is 9.97 Å². The van der Waals surface area contributed by atoms with Gasteiger partial charge < -0.3 is 14.6 Å². The first-order valence-electron chi connectivity index (χ1n) is 4.65. The minimum absolute atomic E-state index is 0.136. The van der Waals surface area contributed by atoms with E-state index in [1.807, 2.05) is 7.05 Å². The highest BCUT2D eigenvalue weighted by Crippen LogP contribution is 2.11. The van der Waals surface area contributed by atoms with E-state index in [1.165, 1.54) is 4.90 Å². The van der Waals surface area contributed by atoms with E-state index in [9.17, 15) is 4.79 Å². The Morgan fingerprint density at radius 2 is 2.31 bits per heavy atom. The molecule has 0 aliphatic heterocycles. The first-order valence-corrected chi connectivity index (χ1v) is 4.65. The molecule has 0 spiro atoms. The summed E-state index contributed by atoms with van der Waals surface area (Å²) in [6.07, 6.45) is 3.22. The normalized spacial score (nSPS) is 10.6. The maximum atomic E-state index is 10.5. The maximum Gasteiger partial charge on any atom is 0.323 e. The quantitative estimate of drug-likeness (QED) is 0.778. The van der Waals surface area contributed by atoms with Gasteiger partial charge in [-0.3, -0.25) is 4.79 Å². The number of anilines is 1. The number of imidazole rings is 1. The zero-order valence-corrected chi connectivity index (χ0v) is 8.95. The molecule has 0 aromatic carbocycles. The van der Waals surface area contributed by atoms with Crippen molar-refractivity contribution in [1.82, 2.24) is 19.5 Å². The largest absolute Gasteiger partial charge is 0.480 e. The summed E-state index contributed by atoms with van der Waals surface area (Å²) in [5, 5.41) is 8.66. The smallest absolute Gasteiger partial charge is 0.323 e. The monoisotopic (exact) mass is 221 g/mol. The van der Waals surface area contributed by atoms with Crippen molar-refractivity contribution in [3.05, 3.63) is 12.5 Å². The number of aromatic nitrogens is 4. The predicted octanol–water partition coefficient (Wildman–Crippen LogP) is -0.116. The van der Waals surface area contributed by atoms with Gasteiger partial charge in [0, 0.05) is 14.1 Å². The molecule has 0 saturated heterocycles. The molecule has 16 heavy (non-hydrogen) atoms. The highest BCUT2D eigenvalue weighted by Gasteiger charge is 2.10. The van der Waals surface area contributed by atoms with Gasteiger partial charge in [-0.05, 0) is 0 Å². The fraction of sp³-hybridized carbons (Fsp3) is 0.333. The van der Waals surface area contributed by atoms with Crippen LogP contribution in [0.5, 0.6) is 0 Å². The predicted molar refractivity (Wildman–Crippen MR) is 57.2 cm³/mol. The Kier molecular flexibility index (Phi) is 2.43. The first kappa shape index (κ1) is 10.3. The summed E-state index contributed by atoms with van der Waals surface area (Å²) in [5.41, 5.74) is 1.37. The Balaban J connectivity index is 2.38. The van der Waals surface area contributed by atoms with Crippen molar-refractivity contribution in [3.63, 3.8) is 0 Å². The van der Waals surface area contributed by atoms with Crippen LogP contribution in [0.2, 0.25) is 0 Å². The van der Waals surface area contributed by atoms with Crippen molar-refractivity contribution in [2.24, 2.45) is 7.05 Å². The van der Waals surface area contributed by atoms with Crippen molar-refractivity contribution in [3.8, 4) is 0 Å². The topological polar surface area (TPSA) is 84.1 Å². The molecule has 0 aliphatic rings. The molecule has 0 amide bonds. The number of hydrogen-bond donors (Lipinski definition) is 1. The highest BCUT2D eigenvalue weighted by atomic mass is 16.4. The Labute approximate surface area is 91.4 Å². The molecule has 2 heterocycles. The van der Waals surface area contributed by atoms with Gasteiger partial charge in [0.25, 0.3) is 0 Å². The lowest BCUT2D eigenvalue weighted by Crippen LogP contribution is -2.26. The summed E-state index contributed by atoms with van der Waals surface area (Å²) in [6.45, 7) is -0.136. The van der Waals surface area contributed by atoms with Gasteiger partial charge >= 0.3 is 5.97 Å². The molecule has 0 unspecified atom stereocenters. The minimum Gasteiger partial charge on any atom is -0.480 e. The standard InChI is InChI=1S/C9H11N5O2/c1-13(4-7(15)16)9-10-3-6-8(12-9)14(2)5-11-6/h3,5H,4H2,1-2H3,(H,15,16). The van der Waals surface area contributed by atoms with Crippen LogP contribution in [0.3, 0.4) is 0 Å². The molecule has 2 rings (SSSR count). The van der Waals surface area contributed by atoms with Crippen LogP contribution in [0.1, 0.15) is 0 Å². The third-order valence-corrected chi connectivity index (χ3v) is 2.16. The van der Waals surface area contributed by atoms with Gasteiger partial charge in [0.2, 0.25) is 5.95 Å². The Morgan fingerprint density at radius 3 is 3.00 bits per heavy atom. The number of aryl methyl sites for hydroxylation is 1. The van der Waals surface area contributed by atoms with E-state index in [0.29, 0.717) is 17.1 Å². The van der Waals surface area contributed by atoms with Crippen molar-refractivity contribution in [2.45, 2.75) is 0 Å². The Hall–Kier alpha value is -2.18. The molecule has 0 radical (unpaired) electrons. The number of carboxylic acid groups (broad SMARTS) is 1. The van der Waals surface area contributed by atoms with Crippen LogP contribution in [0, 0.1) is 0 Å². The molecule has 7 heteroatoms. The second-order valence-electron chi connectivity index (χ2n) is 3.48. The van der Waals surface area contributed by atoms with E-state index < -0.39 is 5.97 Å². The minimum atomic E-state index is -0.920. The van der Waals surface area contributed by atoms with E-state index in [0.717, 1.165) is 0 Å². The summed E-state index contributed by atoms with van der Waals surface area (Å²) in [5.74, 6) is -0.547. The van der Waals surface area contributed by atoms with E-state index in [1.54, 1.807) is 24.1 Å². The fourth-order valence-corrected chi connectivity index (χ4v) is 1.37. The van der Waals surface area contributed by atoms with Crippen LogP contribution in [0.15, 0.2) is 12.5 Å². The number of fused-ring (bicyclic) bond motifs is 1. The number of carbonyl (C=O) groups is 1. The zero-order valence-electron chi connectivity index (χ0n) is 8.95. The van der Waals surface area contributed by atoms with E-state index in [4.69, 9.17) is 5.11 Å². The SMILES string of the molecule is CN(CC(=O)O)c1ncc2ncn(C)c2n1. The Morgan fingerprint density at radius 1 is 1.56 bits per heavy atom. The number of rotatable bonds is 3. The van der Waals surface area contributed by atoms with Crippen LogP contribution < -0.4 is 4.90 Å². The first-order chi connectivity index (χ1) is 7.58. The second-order valence-corrected chi connectivity index (χ2v) is 3.48. The lowest BCUT2D eigenvalue weighted by molar-refractivity contribution is -0.135. The van der Waals surface area contributed by atoms with Gasteiger partial charge in [-0.15, -0.1) is 0 Å². The van der Waals surface area contributed by atoms with Gasteiger partial charge in [0.1, 0.15) is 12.1 Å². The summed E-state index contributed by atoms with van der Waals surface area (Å²) < 4.78 is 1.76. The second kappa shape index (κ2) is 3.76. The highest BCUT2D eigenvalue weighted by molar-refractivity contribution is 5.74. The summed E-state index contributed by atoms with van der Waals surface area (Å²) >= 11 is 0. The molecule has 1 N–H and O–H groups in total. The molecule has 0 saturated carbocycles. The third-order valence-electron chi connectivity index (χ3n) is 2.16. The van der Waals surface area contributed by atoms with Gasteiger partial charge in [0.05, 0.1) is 12.5 Å². The summed E-state index contributed by atoms with van der Waals surface area (Å²) in [4.78, 5) is 24.4. The molecular formula is C9H11N5O2. The lowest BCUT2D eigenvalue weighted by Gasteiger charge is -2.13. The van der Waals surface area contributed by atoms with Crippen molar-refractivity contribution < 1.29 is 9.90 Å². The average molecular weight is 221 g/mol. The average Bonchev–Trinajstić information content (AvgIpc) is 2.59. The van der Waals surface area contributed by atoms with E-state index >= 15 is 0 Å². The number of nitrogens with zero attached hydrogens (tertiary/aromatic N) is 5. The molecule has 2 aromatic heterocycles. The Bertz CT molecular complexity index is 536. The molecule has 84 valence electrons. The molecular weight excluding hydrogens is 210 g/mol. The molecule has 0 aliphatic carbocycles. The summed E-state index contributed by atoms with van der Waals surface area (Å²) in [7, 11) is 3.45. The van der Waals surface area contributed by atoms with Crippen molar-refractivity contribution in [2.75, 3.05) is 18.5 Å². The molecule has 0 fully saturated rings. The number of likely N-dealkylation sites (N-methyl/N-ethyl adjacent to an activating group) is 1. The maximum absolute atomic E-state index is 10.5. The number of carboxylic acids is 1. The van der Waals surface area contributed by atoms with E-state index in [2.05, 4.69) is 15.0 Å².